The van der Waals surface area contributed by atoms with Gasteiger partial charge in [-0.1, -0.05) is 32.9 Å². The van der Waals surface area contributed by atoms with E-state index in [1.165, 1.54) is 31.5 Å². The predicted octanol–water partition coefficient (Wildman–Crippen LogP) is 3.30. The standard InChI is InChI=1S/C18H28N2O/c1-14(2)11-19-18(21)17-8-6-16(7-9-17)13-20-10-4-5-15(3)12-20/h6-9,14-15H,4-5,10-13H2,1-3H3,(H,19,21)/t15-/m0/s1. The maximum Gasteiger partial charge on any atom is 0.251 e. The second-order valence-electron chi connectivity index (χ2n) is 6.78. The zero-order valence-corrected chi connectivity index (χ0v) is 13.6. The van der Waals surface area contributed by atoms with Crippen LogP contribution in [0, 0.1) is 11.8 Å². The molecule has 1 amide bonds. The Labute approximate surface area is 128 Å². The van der Waals surface area contributed by atoms with Gasteiger partial charge in [-0.3, -0.25) is 9.69 Å². The number of likely N-dealkylation sites (tertiary alicyclic amines) is 1. The van der Waals surface area contributed by atoms with Crippen LogP contribution in [0.4, 0.5) is 0 Å². The largest absolute Gasteiger partial charge is 0.352 e. The molecule has 3 heteroatoms. The first kappa shape index (κ1) is 16.0. The average molecular weight is 288 g/mol. The first-order valence-electron chi connectivity index (χ1n) is 8.14. The van der Waals surface area contributed by atoms with Crippen LogP contribution in [0.3, 0.4) is 0 Å². The number of nitrogens with zero attached hydrogens (tertiary/aromatic N) is 1. The number of nitrogens with one attached hydrogen (secondary N) is 1. The van der Waals surface area contributed by atoms with Gasteiger partial charge in [0, 0.05) is 25.2 Å². The van der Waals surface area contributed by atoms with Crippen molar-refractivity contribution in [2.45, 2.75) is 40.2 Å². The summed E-state index contributed by atoms with van der Waals surface area (Å²) in [5.74, 6) is 1.32. The molecule has 0 radical (unpaired) electrons. The van der Waals surface area contributed by atoms with Crippen LogP contribution in [0.2, 0.25) is 0 Å². The number of piperidine rings is 1. The molecule has 0 aliphatic carbocycles. The summed E-state index contributed by atoms with van der Waals surface area (Å²) in [6.07, 6.45) is 2.66. The molecule has 1 N–H and O–H groups in total. The van der Waals surface area contributed by atoms with Crippen molar-refractivity contribution in [1.29, 1.82) is 0 Å². The minimum absolute atomic E-state index is 0.0295. The molecule has 1 aliphatic heterocycles. The molecule has 1 aromatic carbocycles. The van der Waals surface area contributed by atoms with Gasteiger partial charge in [-0.25, -0.2) is 0 Å². The topological polar surface area (TPSA) is 32.3 Å². The van der Waals surface area contributed by atoms with Crippen LogP contribution in [-0.4, -0.2) is 30.4 Å². The Morgan fingerprint density at radius 1 is 1.33 bits per heavy atom. The van der Waals surface area contributed by atoms with Crippen molar-refractivity contribution in [3.8, 4) is 0 Å². The van der Waals surface area contributed by atoms with Crippen LogP contribution in [0.1, 0.15) is 49.5 Å². The molecule has 0 saturated carbocycles. The maximum atomic E-state index is 12.0. The van der Waals surface area contributed by atoms with Crippen LogP contribution in [0.15, 0.2) is 24.3 Å². The highest BCUT2D eigenvalue weighted by molar-refractivity contribution is 5.94. The summed E-state index contributed by atoms with van der Waals surface area (Å²) in [5.41, 5.74) is 2.05. The van der Waals surface area contributed by atoms with Crippen LogP contribution in [0.5, 0.6) is 0 Å². The van der Waals surface area contributed by atoms with Gasteiger partial charge in [0.25, 0.3) is 5.91 Å². The van der Waals surface area contributed by atoms with Crippen molar-refractivity contribution in [2.24, 2.45) is 11.8 Å². The van der Waals surface area contributed by atoms with Crippen molar-refractivity contribution >= 4 is 5.91 Å². The lowest BCUT2D eigenvalue weighted by atomic mass is 9.99. The quantitative estimate of drug-likeness (QED) is 0.901. The van der Waals surface area contributed by atoms with Crippen molar-refractivity contribution in [1.82, 2.24) is 10.2 Å². The van der Waals surface area contributed by atoms with Gasteiger partial charge >= 0.3 is 0 Å². The SMILES string of the molecule is CC(C)CNC(=O)c1ccc(CN2CCC[C@H](C)C2)cc1. The van der Waals surface area contributed by atoms with Gasteiger partial charge in [-0.15, -0.1) is 0 Å². The van der Waals surface area contributed by atoms with E-state index in [1.54, 1.807) is 0 Å². The summed E-state index contributed by atoms with van der Waals surface area (Å²) in [7, 11) is 0. The molecule has 1 saturated heterocycles. The Morgan fingerprint density at radius 2 is 2.05 bits per heavy atom. The Balaban J connectivity index is 1.88. The predicted molar refractivity (Wildman–Crippen MR) is 87.3 cm³/mol. The van der Waals surface area contributed by atoms with Crippen LogP contribution in [0.25, 0.3) is 0 Å². The molecule has 0 bridgehead atoms. The number of hydrogen-bond donors (Lipinski definition) is 1. The molecule has 1 heterocycles. The molecular formula is C18H28N2O. The normalized spacial score (nSPS) is 19.7. The molecule has 0 unspecified atom stereocenters. The van der Waals surface area contributed by atoms with Crippen molar-refractivity contribution in [2.75, 3.05) is 19.6 Å². The molecule has 0 spiro atoms. The fourth-order valence-corrected chi connectivity index (χ4v) is 2.85. The number of benzene rings is 1. The zero-order valence-electron chi connectivity index (χ0n) is 13.6. The van der Waals surface area contributed by atoms with Crippen LogP contribution >= 0.6 is 0 Å². The first-order valence-corrected chi connectivity index (χ1v) is 8.14. The Bertz CT molecular complexity index is 453. The van der Waals surface area contributed by atoms with Crippen molar-refractivity contribution in [3.05, 3.63) is 35.4 Å². The molecule has 21 heavy (non-hydrogen) atoms. The van der Waals surface area contributed by atoms with Crippen molar-refractivity contribution < 1.29 is 4.79 Å². The summed E-state index contributed by atoms with van der Waals surface area (Å²) >= 11 is 0. The smallest absolute Gasteiger partial charge is 0.251 e. The Kier molecular flexibility index (Phi) is 5.80. The molecule has 1 aliphatic rings. The van der Waals surface area contributed by atoms with Gasteiger partial charge in [-0.2, -0.15) is 0 Å². The van der Waals surface area contributed by atoms with E-state index in [4.69, 9.17) is 0 Å². The number of carbonyl (C=O) groups excluding carboxylic acids is 1. The average Bonchev–Trinajstić information content (AvgIpc) is 2.45. The van der Waals surface area contributed by atoms with Crippen molar-refractivity contribution in [3.63, 3.8) is 0 Å². The molecule has 1 atom stereocenters. The number of amides is 1. The minimum atomic E-state index is 0.0295. The van der Waals surface area contributed by atoms with E-state index in [0.717, 1.165) is 24.6 Å². The van der Waals surface area contributed by atoms with Gasteiger partial charge in [0.05, 0.1) is 0 Å². The summed E-state index contributed by atoms with van der Waals surface area (Å²) in [5, 5.41) is 2.96. The summed E-state index contributed by atoms with van der Waals surface area (Å²) in [6.45, 7) is 10.6. The molecule has 3 nitrogen and oxygen atoms in total. The fraction of sp³-hybridized carbons (Fsp3) is 0.611. The third kappa shape index (κ3) is 5.16. The highest BCUT2D eigenvalue weighted by Gasteiger charge is 2.16. The van der Waals surface area contributed by atoms with E-state index in [0.29, 0.717) is 5.92 Å². The molecule has 1 fully saturated rings. The third-order valence-electron chi connectivity index (χ3n) is 4.03. The lowest BCUT2D eigenvalue weighted by molar-refractivity contribution is 0.0949. The number of rotatable bonds is 5. The molecule has 1 aromatic rings. The second kappa shape index (κ2) is 7.60. The lowest BCUT2D eigenvalue weighted by Gasteiger charge is -2.30. The van der Waals surface area contributed by atoms with E-state index in [2.05, 4.69) is 43.1 Å². The van der Waals surface area contributed by atoms with E-state index in [1.807, 2.05) is 12.1 Å². The van der Waals surface area contributed by atoms with E-state index in [-0.39, 0.29) is 5.91 Å². The summed E-state index contributed by atoms with van der Waals surface area (Å²) < 4.78 is 0. The molecular weight excluding hydrogens is 260 g/mol. The van der Waals surface area contributed by atoms with Gasteiger partial charge < -0.3 is 5.32 Å². The van der Waals surface area contributed by atoms with Gasteiger partial charge in [0.15, 0.2) is 0 Å². The van der Waals surface area contributed by atoms with Crippen LogP contribution < -0.4 is 5.32 Å². The monoisotopic (exact) mass is 288 g/mol. The van der Waals surface area contributed by atoms with Gasteiger partial charge in [0.1, 0.15) is 0 Å². The van der Waals surface area contributed by atoms with E-state index in [9.17, 15) is 4.79 Å². The zero-order chi connectivity index (χ0) is 15.2. The molecule has 116 valence electrons. The van der Waals surface area contributed by atoms with Gasteiger partial charge in [0.2, 0.25) is 0 Å². The Hall–Kier alpha value is -1.35. The number of carbonyl (C=O) groups is 1. The number of hydrogen-bond acceptors (Lipinski definition) is 2. The second-order valence-corrected chi connectivity index (χ2v) is 6.78. The lowest BCUT2D eigenvalue weighted by Crippen LogP contribution is -2.33. The van der Waals surface area contributed by atoms with E-state index < -0.39 is 0 Å². The van der Waals surface area contributed by atoms with Gasteiger partial charge in [-0.05, 0) is 48.9 Å². The first-order chi connectivity index (χ1) is 10.0. The minimum Gasteiger partial charge on any atom is -0.352 e. The van der Waals surface area contributed by atoms with Crippen LogP contribution in [-0.2, 0) is 6.54 Å². The maximum absolute atomic E-state index is 12.0. The molecule has 0 aromatic heterocycles. The summed E-state index contributed by atoms with van der Waals surface area (Å²) in [6, 6.07) is 8.06. The highest BCUT2D eigenvalue weighted by Crippen LogP contribution is 2.18. The highest BCUT2D eigenvalue weighted by atomic mass is 16.1. The fourth-order valence-electron chi connectivity index (χ4n) is 2.85. The Morgan fingerprint density at radius 3 is 2.67 bits per heavy atom. The summed E-state index contributed by atoms with van der Waals surface area (Å²) in [4.78, 5) is 14.5. The van der Waals surface area contributed by atoms with E-state index >= 15 is 0 Å². The third-order valence-corrected chi connectivity index (χ3v) is 4.03. The molecule has 2 rings (SSSR count).